The summed E-state index contributed by atoms with van der Waals surface area (Å²) in [4.78, 5) is 1.96. The van der Waals surface area contributed by atoms with Crippen LogP contribution in [-0.4, -0.2) is 19.2 Å². The average molecular weight is 240 g/mol. The number of nitrogen functional groups attached to an aromatic ring is 1. The number of rotatable bonds is 1. The summed E-state index contributed by atoms with van der Waals surface area (Å²) in [5, 5.41) is 10.4. The quantitative estimate of drug-likeness (QED) is 0.752. The summed E-state index contributed by atoms with van der Waals surface area (Å²) in [7, 11) is 3.90. The van der Waals surface area contributed by atoms with Gasteiger partial charge in [0.2, 0.25) is 0 Å². The minimum atomic E-state index is -0.546. The first kappa shape index (κ1) is 11.1. The lowest BCUT2D eigenvalue weighted by molar-refractivity contribution is 0.225. The van der Waals surface area contributed by atoms with Gasteiger partial charge < -0.3 is 15.7 Å². The lowest BCUT2D eigenvalue weighted by Crippen LogP contribution is -2.11. The van der Waals surface area contributed by atoms with Gasteiger partial charge in [-0.25, -0.2) is 0 Å². The maximum atomic E-state index is 10.4. The van der Waals surface area contributed by atoms with E-state index >= 15 is 0 Å². The Kier molecular flexibility index (Phi) is 2.31. The lowest BCUT2D eigenvalue weighted by atomic mass is 10.0. The molecule has 0 bridgehead atoms. The second-order valence-corrected chi connectivity index (χ2v) is 4.88. The third kappa shape index (κ3) is 1.41. The van der Waals surface area contributed by atoms with Gasteiger partial charge in [-0.3, -0.25) is 0 Å². The Hall–Kier alpha value is -2.00. The fraction of sp³-hybridized carbons (Fsp3) is 0.200. The maximum absolute atomic E-state index is 10.4. The molecule has 2 aromatic rings. The molecule has 0 aromatic heterocycles. The molecule has 0 radical (unpaired) electrons. The Labute approximate surface area is 106 Å². The molecule has 0 spiro atoms. The van der Waals surface area contributed by atoms with E-state index in [-0.39, 0.29) is 0 Å². The number of benzene rings is 2. The van der Waals surface area contributed by atoms with Gasteiger partial charge in [0.25, 0.3) is 0 Å². The van der Waals surface area contributed by atoms with E-state index in [0.717, 1.165) is 33.6 Å². The van der Waals surface area contributed by atoms with Crippen LogP contribution in [0, 0.1) is 0 Å². The Balaban J connectivity index is 2.26. The van der Waals surface area contributed by atoms with Crippen molar-refractivity contribution in [1.82, 2.24) is 0 Å². The first-order valence-electron chi connectivity index (χ1n) is 5.97. The Morgan fingerprint density at radius 2 is 1.78 bits per heavy atom. The van der Waals surface area contributed by atoms with Crippen LogP contribution in [0.5, 0.6) is 0 Å². The summed E-state index contributed by atoms with van der Waals surface area (Å²) >= 11 is 0. The summed E-state index contributed by atoms with van der Waals surface area (Å²) in [6, 6.07) is 11.9. The van der Waals surface area contributed by atoms with Crippen LogP contribution in [0.25, 0.3) is 11.1 Å². The summed E-state index contributed by atoms with van der Waals surface area (Å²) in [5.41, 5.74) is 11.8. The molecule has 0 saturated carbocycles. The van der Waals surface area contributed by atoms with Crippen LogP contribution < -0.4 is 10.6 Å². The monoisotopic (exact) mass is 240 g/mol. The number of anilines is 2. The molecule has 1 atom stereocenters. The van der Waals surface area contributed by atoms with E-state index in [9.17, 15) is 5.11 Å². The number of aliphatic hydroxyl groups excluding tert-OH is 1. The van der Waals surface area contributed by atoms with E-state index in [1.807, 2.05) is 55.4 Å². The number of nitrogens with zero attached hydrogens (tertiary/aromatic N) is 1. The molecule has 0 fully saturated rings. The van der Waals surface area contributed by atoms with Crippen molar-refractivity contribution in [2.45, 2.75) is 6.10 Å². The number of aliphatic hydroxyl groups is 1. The highest BCUT2D eigenvalue weighted by atomic mass is 16.3. The van der Waals surface area contributed by atoms with Gasteiger partial charge >= 0.3 is 0 Å². The van der Waals surface area contributed by atoms with Crippen molar-refractivity contribution < 1.29 is 5.11 Å². The van der Waals surface area contributed by atoms with Crippen LogP contribution in [0.2, 0.25) is 0 Å². The van der Waals surface area contributed by atoms with Crippen LogP contribution in [0.15, 0.2) is 36.4 Å². The molecular formula is C15H16N2O. The predicted octanol–water partition coefficient (Wildman–Crippen LogP) is 2.40. The molecule has 2 aromatic carbocycles. The van der Waals surface area contributed by atoms with Crippen LogP contribution in [0.1, 0.15) is 17.2 Å². The van der Waals surface area contributed by atoms with Gasteiger partial charge in [-0.1, -0.05) is 24.3 Å². The highest BCUT2D eigenvalue weighted by Crippen LogP contribution is 2.46. The Bertz CT molecular complexity index is 620. The highest BCUT2D eigenvalue weighted by Gasteiger charge is 2.27. The Morgan fingerprint density at radius 3 is 2.50 bits per heavy atom. The molecular weight excluding hydrogens is 224 g/mol. The van der Waals surface area contributed by atoms with E-state index in [4.69, 9.17) is 5.73 Å². The molecule has 0 aliphatic heterocycles. The zero-order valence-electron chi connectivity index (χ0n) is 10.5. The SMILES string of the molecule is CN(C)c1cc2c(cc1N)-c1ccccc1C2O. The van der Waals surface area contributed by atoms with Gasteiger partial charge in [-0.2, -0.15) is 0 Å². The second-order valence-electron chi connectivity index (χ2n) is 4.88. The molecule has 1 aliphatic rings. The van der Waals surface area contributed by atoms with Gasteiger partial charge in [-0.15, -0.1) is 0 Å². The van der Waals surface area contributed by atoms with Crippen molar-refractivity contribution in [1.29, 1.82) is 0 Å². The predicted molar refractivity (Wildman–Crippen MR) is 74.7 cm³/mol. The standard InChI is InChI=1S/C15H16N2O/c1-17(2)14-8-12-11(7-13(14)16)9-5-3-4-6-10(9)15(12)18/h3-8,15,18H,16H2,1-2H3. The first-order chi connectivity index (χ1) is 8.59. The number of fused-ring (bicyclic) bond motifs is 3. The van der Waals surface area contributed by atoms with Gasteiger partial charge in [0, 0.05) is 14.1 Å². The number of nitrogens with two attached hydrogens (primary N) is 1. The summed E-state index contributed by atoms with van der Waals surface area (Å²) in [5.74, 6) is 0. The molecule has 18 heavy (non-hydrogen) atoms. The van der Waals surface area contributed by atoms with Gasteiger partial charge in [0.05, 0.1) is 11.4 Å². The second kappa shape index (κ2) is 3.75. The minimum Gasteiger partial charge on any atom is -0.397 e. The summed E-state index contributed by atoms with van der Waals surface area (Å²) < 4.78 is 0. The third-order valence-electron chi connectivity index (χ3n) is 3.52. The van der Waals surface area contributed by atoms with Crippen LogP contribution in [0.4, 0.5) is 11.4 Å². The van der Waals surface area contributed by atoms with Crippen molar-refractivity contribution in [2.75, 3.05) is 24.7 Å². The molecule has 0 saturated heterocycles. The minimum absolute atomic E-state index is 0.546. The zero-order valence-corrected chi connectivity index (χ0v) is 10.5. The number of hydrogen-bond donors (Lipinski definition) is 2. The van der Waals surface area contributed by atoms with Crippen molar-refractivity contribution in [2.24, 2.45) is 0 Å². The summed E-state index contributed by atoms with van der Waals surface area (Å²) in [6.07, 6.45) is -0.546. The lowest BCUT2D eigenvalue weighted by Gasteiger charge is -2.17. The van der Waals surface area contributed by atoms with Crippen molar-refractivity contribution in [3.05, 3.63) is 47.5 Å². The van der Waals surface area contributed by atoms with Crippen LogP contribution in [0.3, 0.4) is 0 Å². The van der Waals surface area contributed by atoms with Gasteiger partial charge in [0.15, 0.2) is 0 Å². The van der Waals surface area contributed by atoms with Crippen molar-refractivity contribution >= 4 is 11.4 Å². The van der Waals surface area contributed by atoms with E-state index in [2.05, 4.69) is 0 Å². The topological polar surface area (TPSA) is 49.5 Å². The van der Waals surface area contributed by atoms with E-state index in [0.29, 0.717) is 0 Å². The molecule has 3 rings (SSSR count). The van der Waals surface area contributed by atoms with E-state index < -0.39 is 6.10 Å². The molecule has 92 valence electrons. The van der Waals surface area contributed by atoms with Crippen molar-refractivity contribution in [3.63, 3.8) is 0 Å². The average Bonchev–Trinajstić information content (AvgIpc) is 2.62. The molecule has 3 N–H and O–H groups in total. The smallest absolute Gasteiger partial charge is 0.105 e. The molecule has 3 nitrogen and oxygen atoms in total. The van der Waals surface area contributed by atoms with Crippen molar-refractivity contribution in [3.8, 4) is 11.1 Å². The number of hydrogen-bond acceptors (Lipinski definition) is 3. The fourth-order valence-corrected chi connectivity index (χ4v) is 2.62. The molecule has 0 heterocycles. The van der Waals surface area contributed by atoms with E-state index in [1.54, 1.807) is 0 Å². The van der Waals surface area contributed by atoms with Crippen LogP contribution in [-0.2, 0) is 0 Å². The third-order valence-corrected chi connectivity index (χ3v) is 3.52. The van der Waals surface area contributed by atoms with E-state index in [1.165, 1.54) is 0 Å². The zero-order chi connectivity index (χ0) is 12.9. The fourth-order valence-electron chi connectivity index (χ4n) is 2.62. The maximum Gasteiger partial charge on any atom is 0.105 e. The molecule has 0 amide bonds. The van der Waals surface area contributed by atoms with Crippen LogP contribution >= 0.6 is 0 Å². The normalized spacial score (nSPS) is 16.3. The molecule has 3 heteroatoms. The first-order valence-corrected chi connectivity index (χ1v) is 5.97. The molecule has 1 unspecified atom stereocenters. The van der Waals surface area contributed by atoms with Gasteiger partial charge in [-0.05, 0) is 34.4 Å². The summed E-state index contributed by atoms with van der Waals surface area (Å²) in [6.45, 7) is 0. The molecule has 1 aliphatic carbocycles. The highest BCUT2D eigenvalue weighted by molar-refractivity contribution is 5.85. The van der Waals surface area contributed by atoms with Gasteiger partial charge in [0.1, 0.15) is 6.10 Å². The Morgan fingerprint density at radius 1 is 1.06 bits per heavy atom. The largest absolute Gasteiger partial charge is 0.397 e.